The van der Waals surface area contributed by atoms with Crippen LogP contribution in [0.4, 0.5) is 0 Å². The molecular weight excluding hydrogens is 254 g/mol. The molecule has 0 fully saturated rings. The fraction of sp³-hybridized carbons (Fsp3) is 0.400. The molecule has 2 heterocycles. The van der Waals surface area contributed by atoms with Crippen molar-refractivity contribution in [3.63, 3.8) is 0 Å². The number of benzene rings is 1. The highest BCUT2D eigenvalue weighted by Gasteiger charge is 2.32. The Morgan fingerprint density at radius 2 is 2.15 bits per heavy atom. The molecule has 2 N–H and O–H groups in total. The Hall–Kier alpha value is -2.01. The molecule has 1 unspecified atom stereocenters. The van der Waals surface area contributed by atoms with E-state index < -0.39 is 0 Å². The van der Waals surface area contributed by atoms with Gasteiger partial charge < -0.3 is 15.2 Å². The summed E-state index contributed by atoms with van der Waals surface area (Å²) in [5.74, 6) is 1.58. The lowest BCUT2D eigenvalue weighted by molar-refractivity contribution is 0.156. The number of nitrogens with two attached hydrogens (primary N) is 1. The lowest BCUT2D eigenvalue weighted by Gasteiger charge is -2.30. The van der Waals surface area contributed by atoms with Crippen LogP contribution < -0.4 is 15.2 Å². The second kappa shape index (κ2) is 4.83. The summed E-state index contributed by atoms with van der Waals surface area (Å²) in [5.41, 5.74) is 9.24. The van der Waals surface area contributed by atoms with Crippen molar-refractivity contribution in [2.75, 3.05) is 7.11 Å². The Kier molecular flexibility index (Phi) is 3.14. The van der Waals surface area contributed by atoms with Crippen LogP contribution in [-0.4, -0.2) is 16.9 Å². The van der Waals surface area contributed by atoms with Crippen molar-refractivity contribution < 1.29 is 9.47 Å². The second-order valence-corrected chi connectivity index (χ2v) is 5.12. The van der Waals surface area contributed by atoms with Crippen LogP contribution in [0.15, 0.2) is 24.3 Å². The summed E-state index contributed by atoms with van der Waals surface area (Å²) in [6, 6.07) is 7.89. The van der Waals surface area contributed by atoms with Crippen LogP contribution in [0, 0.1) is 6.92 Å². The van der Waals surface area contributed by atoms with Gasteiger partial charge in [0.05, 0.1) is 18.4 Å². The van der Waals surface area contributed by atoms with Gasteiger partial charge in [0, 0.05) is 25.1 Å². The summed E-state index contributed by atoms with van der Waals surface area (Å²) in [7, 11) is 3.52. The monoisotopic (exact) mass is 273 g/mol. The molecule has 0 saturated carbocycles. The topological polar surface area (TPSA) is 62.3 Å². The van der Waals surface area contributed by atoms with E-state index in [1.54, 1.807) is 11.8 Å². The molecule has 1 aromatic heterocycles. The summed E-state index contributed by atoms with van der Waals surface area (Å²) in [6.07, 6.45) is 0.600. The van der Waals surface area contributed by atoms with E-state index in [1.165, 1.54) is 0 Å². The fourth-order valence-electron chi connectivity index (χ4n) is 2.90. The Balaban J connectivity index is 2.02. The third-order valence-corrected chi connectivity index (χ3v) is 3.79. The second-order valence-electron chi connectivity index (χ2n) is 5.12. The molecule has 0 saturated heterocycles. The van der Waals surface area contributed by atoms with Crippen LogP contribution in [-0.2, 0) is 7.05 Å². The highest BCUT2D eigenvalue weighted by atomic mass is 16.5. The van der Waals surface area contributed by atoms with Crippen LogP contribution in [0.3, 0.4) is 0 Å². The van der Waals surface area contributed by atoms with Gasteiger partial charge in [-0.1, -0.05) is 18.2 Å². The average Bonchev–Trinajstić information content (AvgIpc) is 2.72. The zero-order valence-corrected chi connectivity index (χ0v) is 12.0. The molecule has 20 heavy (non-hydrogen) atoms. The minimum atomic E-state index is -0.122. The SMILES string of the molecule is COc1c(C2C[C@H](N)c3ccccc3O2)c(C)nn1C. The first kappa shape index (κ1) is 13.0. The molecule has 2 aromatic rings. The van der Waals surface area contributed by atoms with Crippen LogP contribution >= 0.6 is 0 Å². The number of para-hydroxylation sites is 1. The molecule has 2 atom stereocenters. The summed E-state index contributed by atoms with van der Waals surface area (Å²) in [4.78, 5) is 0. The number of aryl methyl sites for hydroxylation is 2. The van der Waals surface area contributed by atoms with E-state index in [0.29, 0.717) is 0 Å². The Labute approximate surface area is 118 Å². The average molecular weight is 273 g/mol. The molecule has 5 heteroatoms. The molecule has 3 rings (SSSR count). The molecule has 1 aromatic carbocycles. The first-order chi connectivity index (χ1) is 9.61. The number of methoxy groups -OCH3 is 1. The first-order valence-corrected chi connectivity index (χ1v) is 6.70. The Morgan fingerprint density at radius 1 is 1.40 bits per heavy atom. The van der Waals surface area contributed by atoms with Gasteiger partial charge in [0.15, 0.2) is 0 Å². The van der Waals surface area contributed by atoms with Crippen LogP contribution in [0.25, 0.3) is 0 Å². The smallest absolute Gasteiger partial charge is 0.218 e. The predicted octanol–water partition coefficient (Wildman–Crippen LogP) is 2.26. The summed E-state index contributed by atoms with van der Waals surface area (Å²) in [6.45, 7) is 1.97. The van der Waals surface area contributed by atoms with Crippen molar-refractivity contribution in [2.24, 2.45) is 12.8 Å². The van der Waals surface area contributed by atoms with Crippen LogP contribution in [0.2, 0.25) is 0 Å². The van der Waals surface area contributed by atoms with Gasteiger partial charge in [-0.25, -0.2) is 4.68 Å². The predicted molar refractivity (Wildman–Crippen MR) is 75.9 cm³/mol. The maximum atomic E-state index is 6.27. The first-order valence-electron chi connectivity index (χ1n) is 6.70. The van der Waals surface area contributed by atoms with Crippen molar-refractivity contribution in [3.8, 4) is 11.6 Å². The number of hydrogen-bond donors (Lipinski definition) is 1. The fourth-order valence-corrected chi connectivity index (χ4v) is 2.90. The maximum Gasteiger partial charge on any atom is 0.218 e. The lowest BCUT2D eigenvalue weighted by atomic mass is 9.93. The van der Waals surface area contributed by atoms with E-state index in [0.717, 1.165) is 34.9 Å². The van der Waals surface area contributed by atoms with E-state index in [4.69, 9.17) is 15.2 Å². The number of rotatable bonds is 2. The van der Waals surface area contributed by atoms with Crippen LogP contribution in [0.5, 0.6) is 11.6 Å². The summed E-state index contributed by atoms with van der Waals surface area (Å²) < 4.78 is 13.3. The molecule has 1 aliphatic rings. The highest BCUT2D eigenvalue weighted by molar-refractivity contribution is 5.41. The van der Waals surface area contributed by atoms with Crippen LogP contribution in [0.1, 0.15) is 35.4 Å². The van der Waals surface area contributed by atoms with E-state index in [2.05, 4.69) is 5.10 Å². The molecule has 5 nitrogen and oxygen atoms in total. The molecule has 0 radical (unpaired) electrons. The van der Waals surface area contributed by atoms with E-state index in [-0.39, 0.29) is 12.1 Å². The minimum absolute atomic E-state index is 0.0331. The highest BCUT2D eigenvalue weighted by Crippen LogP contribution is 2.42. The number of nitrogens with zero attached hydrogens (tertiary/aromatic N) is 2. The summed E-state index contributed by atoms with van der Waals surface area (Å²) in [5, 5.41) is 4.41. The van der Waals surface area contributed by atoms with Gasteiger partial charge >= 0.3 is 0 Å². The minimum Gasteiger partial charge on any atom is -0.485 e. The number of fused-ring (bicyclic) bond motifs is 1. The molecule has 0 amide bonds. The molecule has 0 aliphatic carbocycles. The quantitative estimate of drug-likeness (QED) is 0.911. The number of hydrogen-bond acceptors (Lipinski definition) is 4. The lowest BCUT2D eigenvalue weighted by Crippen LogP contribution is -2.24. The van der Waals surface area contributed by atoms with Crippen molar-refractivity contribution in [2.45, 2.75) is 25.5 Å². The third kappa shape index (κ3) is 1.94. The Morgan fingerprint density at radius 3 is 2.90 bits per heavy atom. The largest absolute Gasteiger partial charge is 0.485 e. The summed E-state index contributed by atoms with van der Waals surface area (Å²) >= 11 is 0. The number of aromatic nitrogens is 2. The van der Waals surface area contributed by atoms with Gasteiger partial charge in [0.2, 0.25) is 5.88 Å². The standard InChI is InChI=1S/C15H19N3O2/c1-9-14(15(19-3)18(2)17-9)13-8-11(16)10-6-4-5-7-12(10)20-13/h4-7,11,13H,8,16H2,1-3H3/t11-,13?/m0/s1. The van der Waals surface area contributed by atoms with Gasteiger partial charge in [-0.05, 0) is 13.0 Å². The number of ether oxygens (including phenoxy) is 2. The van der Waals surface area contributed by atoms with Crippen molar-refractivity contribution in [3.05, 3.63) is 41.1 Å². The zero-order valence-electron chi connectivity index (χ0n) is 12.0. The Bertz CT molecular complexity index is 636. The normalized spacial score (nSPS) is 21.2. The van der Waals surface area contributed by atoms with Gasteiger partial charge in [0.25, 0.3) is 0 Å². The van der Waals surface area contributed by atoms with Crippen molar-refractivity contribution >= 4 is 0 Å². The maximum absolute atomic E-state index is 6.27. The van der Waals surface area contributed by atoms with E-state index in [9.17, 15) is 0 Å². The molecule has 1 aliphatic heterocycles. The van der Waals surface area contributed by atoms with Crippen molar-refractivity contribution in [1.29, 1.82) is 0 Å². The zero-order chi connectivity index (χ0) is 14.3. The molecule has 0 bridgehead atoms. The van der Waals surface area contributed by atoms with Gasteiger partial charge in [-0.15, -0.1) is 0 Å². The van der Waals surface area contributed by atoms with Crippen molar-refractivity contribution in [1.82, 2.24) is 9.78 Å². The van der Waals surface area contributed by atoms with E-state index >= 15 is 0 Å². The van der Waals surface area contributed by atoms with Gasteiger partial charge in [0.1, 0.15) is 11.9 Å². The van der Waals surface area contributed by atoms with E-state index in [1.807, 2.05) is 38.2 Å². The molecule has 106 valence electrons. The van der Waals surface area contributed by atoms with Gasteiger partial charge in [-0.3, -0.25) is 0 Å². The van der Waals surface area contributed by atoms with Gasteiger partial charge in [-0.2, -0.15) is 5.10 Å². The molecule has 0 spiro atoms. The third-order valence-electron chi connectivity index (χ3n) is 3.79. The molecular formula is C15H19N3O2.